The van der Waals surface area contributed by atoms with Crippen LogP contribution in [0.25, 0.3) is 10.9 Å². The topological polar surface area (TPSA) is 109 Å². The summed E-state index contributed by atoms with van der Waals surface area (Å²) in [6.45, 7) is 2.24. The smallest absolute Gasteiger partial charge is 0.341 e. The number of fused-ring (bicyclic) bond motifs is 1. The Morgan fingerprint density at radius 3 is 2.61 bits per heavy atom. The van der Waals surface area contributed by atoms with Gasteiger partial charge in [-0.05, 0) is 37.8 Å². The molecule has 7 nitrogen and oxygen atoms in total. The Morgan fingerprint density at radius 2 is 1.94 bits per heavy atom. The summed E-state index contributed by atoms with van der Waals surface area (Å²) in [5.74, 6) is -1.51. The van der Waals surface area contributed by atoms with Gasteiger partial charge in [-0.15, -0.1) is 0 Å². The van der Waals surface area contributed by atoms with Gasteiger partial charge in [-0.3, -0.25) is 4.79 Å². The third-order valence-electron chi connectivity index (χ3n) is 6.88. The van der Waals surface area contributed by atoms with Crippen LogP contribution >= 0.6 is 0 Å². The number of hydrogen-bond acceptors (Lipinski definition) is 5. The van der Waals surface area contributed by atoms with Crippen LogP contribution in [0.3, 0.4) is 0 Å². The van der Waals surface area contributed by atoms with Crippen LogP contribution in [0.4, 0.5) is 15.8 Å². The zero-order valence-electron chi connectivity index (χ0n) is 18.3. The Kier molecular flexibility index (Phi) is 5.32. The summed E-state index contributed by atoms with van der Waals surface area (Å²) < 4.78 is 16.7. The molecule has 2 aliphatic rings. The molecule has 3 aromatic rings. The molecular formula is C25H27FN4O3. The molecule has 172 valence electrons. The molecule has 5 rings (SSSR count). The van der Waals surface area contributed by atoms with Gasteiger partial charge in [0.1, 0.15) is 5.56 Å². The van der Waals surface area contributed by atoms with Crippen LogP contribution in [0, 0.1) is 5.82 Å². The summed E-state index contributed by atoms with van der Waals surface area (Å²) in [4.78, 5) is 24.1. The second kappa shape index (κ2) is 8.19. The number of rotatable bonds is 7. The van der Waals surface area contributed by atoms with Crippen molar-refractivity contribution in [2.24, 2.45) is 0 Å². The first-order chi connectivity index (χ1) is 15.9. The predicted molar refractivity (Wildman–Crippen MR) is 126 cm³/mol. The fourth-order valence-corrected chi connectivity index (χ4v) is 4.91. The van der Waals surface area contributed by atoms with Gasteiger partial charge in [0.2, 0.25) is 5.43 Å². The fraction of sp³-hybridized carbons (Fsp3) is 0.360. The molecule has 0 bridgehead atoms. The van der Waals surface area contributed by atoms with Crippen LogP contribution in [-0.4, -0.2) is 33.8 Å². The maximum Gasteiger partial charge on any atom is 0.341 e. The van der Waals surface area contributed by atoms with Crippen LogP contribution in [0.5, 0.6) is 0 Å². The lowest BCUT2D eigenvalue weighted by Gasteiger charge is -2.37. The number of pyridine rings is 1. The van der Waals surface area contributed by atoms with E-state index in [0.717, 1.165) is 19.3 Å². The Hall–Kier alpha value is -3.39. The lowest BCUT2D eigenvalue weighted by Crippen LogP contribution is -2.48. The number of nitrogens with one attached hydrogen (secondary N) is 2. The number of nitrogens with two attached hydrogens (primary N) is 1. The van der Waals surface area contributed by atoms with Crippen LogP contribution < -0.4 is 21.8 Å². The number of carboxylic acid groups (broad SMARTS) is 1. The first kappa shape index (κ1) is 21.5. The number of nitrogens with zero attached hydrogens (tertiary/aromatic N) is 1. The quantitative estimate of drug-likeness (QED) is 0.410. The molecule has 2 fully saturated rings. The average molecular weight is 451 g/mol. The minimum absolute atomic E-state index is 0.0892. The molecule has 0 saturated heterocycles. The minimum atomic E-state index is -1.36. The molecule has 0 amide bonds. The first-order valence-corrected chi connectivity index (χ1v) is 11.3. The Labute approximate surface area is 190 Å². The molecule has 0 spiro atoms. The van der Waals surface area contributed by atoms with Crippen LogP contribution in [0.15, 0.2) is 47.4 Å². The molecule has 33 heavy (non-hydrogen) atoms. The van der Waals surface area contributed by atoms with Crippen LogP contribution in [0.2, 0.25) is 0 Å². The highest BCUT2D eigenvalue weighted by atomic mass is 19.1. The van der Waals surface area contributed by atoms with Gasteiger partial charge in [-0.1, -0.05) is 30.3 Å². The number of aromatic carboxylic acids is 1. The van der Waals surface area contributed by atoms with Crippen LogP contribution in [-0.2, 0) is 6.54 Å². The maximum absolute atomic E-state index is 15.1. The summed E-state index contributed by atoms with van der Waals surface area (Å²) in [5, 5.41) is 16.2. The van der Waals surface area contributed by atoms with Crippen molar-refractivity contribution in [3.8, 4) is 0 Å². The van der Waals surface area contributed by atoms with Crippen molar-refractivity contribution >= 4 is 28.2 Å². The van der Waals surface area contributed by atoms with Gasteiger partial charge >= 0.3 is 5.97 Å². The molecule has 0 unspecified atom stereocenters. The lowest BCUT2D eigenvalue weighted by atomic mass is 9.86. The number of halogens is 1. The minimum Gasteiger partial charge on any atom is -0.477 e. The van der Waals surface area contributed by atoms with E-state index in [9.17, 15) is 14.7 Å². The number of nitrogen functional groups attached to an aromatic ring is 1. The molecule has 2 aliphatic carbocycles. The summed E-state index contributed by atoms with van der Waals surface area (Å²) in [7, 11) is 0. The third-order valence-corrected chi connectivity index (χ3v) is 6.88. The van der Waals surface area contributed by atoms with E-state index in [0.29, 0.717) is 30.1 Å². The van der Waals surface area contributed by atoms with Crippen LogP contribution in [0.1, 0.15) is 48.0 Å². The summed E-state index contributed by atoms with van der Waals surface area (Å²) in [6.07, 6.45) is 4.17. The monoisotopic (exact) mass is 450 g/mol. The number of anilines is 2. The first-order valence-electron chi connectivity index (χ1n) is 11.3. The standard InChI is InChI=1S/C25H27FN4O3/c1-2-30-12-17(25(32)33)24(31)21-20(30)11-19(22(26)23(21)27)29-15-8-14(9-15)28-18-10-16(18)13-6-4-3-5-7-13/h3-7,11-12,14-16,18,28-29H,2,8-10,27H2,1H3,(H,32,33)/t14?,15?,16-,18+/m0/s1. The van der Waals surface area contributed by atoms with Gasteiger partial charge in [0.05, 0.1) is 22.3 Å². The second-order valence-electron chi connectivity index (χ2n) is 9.04. The predicted octanol–water partition coefficient (Wildman–Crippen LogP) is 3.53. The van der Waals surface area contributed by atoms with Crippen molar-refractivity contribution in [1.29, 1.82) is 0 Å². The maximum atomic E-state index is 15.1. The average Bonchev–Trinajstić information content (AvgIpc) is 3.55. The second-order valence-corrected chi connectivity index (χ2v) is 9.04. The molecule has 0 aliphatic heterocycles. The highest BCUT2D eigenvalue weighted by molar-refractivity contribution is 5.99. The number of carboxylic acids is 1. The van der Waals surface area contributed by atoms with E-state index < -0.39 is 22.8 Å². The van der Waals surface area contributed by atoms with Gasteiger partial charge in [-0.2, -0.15) is 0 Å². The van der Waals surface area contributed by atoms with Crippen molar-refractivity contribution in [3.05, 3.63) is 69.8 Å². The third kappa shape index (κ3) is 3.84. The molecule has 8 heteroatoms. The molecule has 5 N–H and O–H groups in total. The van der Waals surface area contributed by atoms with Crippen molar-refractivity contribution in [3.63, 3.8) is 0 Å². The molecular weight excluding hydrogens is 423 g/mol. The van der Waals surface area contributed by atoms with Crippen molar-refractivity contribution in [1.82, 2.24) is 9.88 Å². The number of carbonyl (C=O) groups is 1. The van der Waals surface area contributed by atoms with Gasteiger partial charge < -0.3 is 26.0 Å². The molecule has 2 saturated carbocycles. The SMILES string of the molecule is CCn1cc(C(=O)O)c(=O)c2c(N)c(F)c(NC3CC(N[C@@H]4C[C@H]4c4ccccc4)C3)cc21. The summed E-state index contributed by atoms with van der Waals surface area (Å²) in [6, 6.07) is 13.0. The van der Waals surface area contributed by atoms with E-state index in [1.807, 2.05) is 13.0 Å². The summed E-state index contributed by atoms with van der Waals surface area (Å²) in [5.41, 5.74) is 6.51. The zero-order chi connectivity index (χ0) is 23.3. The van der Waals surface area contributed by atoms with Gasteiger partial charge in [-0.25, -0.2) is 9.18 Å². The highest BCUT2D eigenvalue weighted by Gasteiger charge is 2.42. The van der Waals surface area contributed by atoms with Gasteiger partial charge in [0.15, 0.2) is 5.82 Å². The van der Waals surface area contributed by atoms with E-state index >= 15 is 4.39 Å². The number of aryl methyl sites for hydroxylation is 1. The normalized spacial score (nSPS) is 23.8. The van der Waals surface area contributed by atoms with Crippen molar-refractivity contribution in [2.45, 2.75) is 56.8 Å². The highest BCUT2D eigenvalue weighted by Crippen LogP contribution is 2.42. The molecule has 2 aromatic carbocycles. The fourth-order valence-electron chi connectivity index (χ4n) is 4.91. The largest absolute Gasteiger partial charge is 0.477 e. The van der Waals surface area contributed by atoms with Gasteiger partial charge in [0.25, 0.3) is 0 Å². The van der Waals surface area contributed by atoms with Crippen molar-refractivity contribution in [2.75, 3.05) is 11.1 Å². The molecule has 1 heterocycles. The summed E-state index contributed by atoms with van der Waals surface area (Å²) >= 11 is 0. The Bertz CT molecular complexity index is 1280. The number of aromatic nitrogens is 1. The van der Waals surface area contributed by atoms with Crippen molar-refractivity contribution < 1.29 is 14.3 Å². The zero-order valence-corrected chi connectivity index (χ0v) is 18.3. The van der Waals surface area contributed by atoms with E-state index in [4.69, 9.17) is 5.73 Å². The van der Waals surface area contributed by atoms with E-state index in [1.165, 1.54) is 11.8 Å². The molecule has 0 radical (unpaired) electrons. The van der Waals surface area contributed by atoms with E-state index in [-0.39, 0.29) is 22.8 Å². The Morgan fingerprint density at radius 1 is 1.21 bits per heavy atom. The Balaban J connectivity index is 1.29. The molecule has 1 aromatic heterocycles. The number of hydrogen-bond donors (Lipinski definition) is 4. The number of benzene rings is 2. The lowest BCUT2D eigenvalue weighted by molar-refractivity contribution is 0.0695. The van der Waals surface area contributed by atoms with Gasteiger partial charge in [0, 0.05) is 36.8 Å². The molecule has 2 atom stereocenters. The van der Waals surface area contributed by atoms with E-state index in [1.54, 1.807) is 10.6 Å². The van der Waals surface area contributed by atoms with E-state index in [2.05, 4.69) is 34.9 Å².